The van der Waals surface area contributed by atoms with E-state index in [0.29, 0.717) is 25.5 Å². The Morgan fingerprint density at radius 3 is 2.64 bits per heavy atom. The van der Waals surface area contributed by atoms with Crippen LogP contribution in [0.4, 0.5) is 0 Å². The minimum absolute atomic E-state index is 0.328. The van der Waals surface area contributed by atoms with Crippen LogP contribution in [0.2, 0.25) is 0 Å². The third-order valence-corrected chi connectivity index (χ3v) is 6.02. The number of nitrogens with zero attached hydrogens (tertiary/aromatic N) is 1. The maximum Gasteiger partial charge on any atom is 0.231 e. The van der Waals surface area contributed by atoms with Gasteiger partial charge in [0, 0.05) is 24.1 Å². The van der Waals surface area contributed by atoms with Gasteiger partial charge in [-0.05, 0) is 54.8 Å². The molecule has 0 bridgehead atoms. The van der Waals surface area contributed by atoms with Gasteiger partial charge in [-0.1, -0.05) is 6.07 Å². The third-order valence-electron chi connectivity index (χ3n) is 6.02. The van der Waals surface area contributed by atoms with Crippen molar-refractivity contribution < 1.29 is 18.9 Å². The summed E-state index contributed by atoms with van der Waals surface area (Å²) in [6, 6.07) is 9.05. The van der Waals surface area contributed by atoms with Crippen molar-refractivity contribution in [3.05, 3.63) is 46.5 Å². The molecule has 0 saturated heterocycles. The number of ether oxygens (including phenoxy) is 4. The Labute approximate surface area is 146 Å². The van der Waals surface area contributed by atoms with Crippen molar-refractivity contribution in [3.8, 4) is 23.0 Å². The van der Waals surface area contributed by atoms with Crippen LogP contribution in [0.15, 0.2) is 24.3 Å². The van der Waals surface area contributed by atoms with E-state index in [1.54, 1.807) is 0 Å². The number of hydrogen-bond acceptors (Lipinski definition) is 5. The lowest BCUT2D eigenvalue weighted by molar-refractivity contribution is 0.157. The lowest BCUT2D eigenvalue weighted by Gasteiger charge is -2.44. The number of fused-ring (bicyclic) bond motifs is 8. The molecule has 2 aromatic carbocycles. The van der Waals surface area contributed by atoms with E-state index in [1.807, 2.05) is 0 Å². The van der Waals surface area contributed by atoms with E-state index in [1.165, 1.54) is 22.3 Å². The molecule has 25 heavy (non-hydrogen) atoms. The highest BCUT2D eigenvalue weighted by molar-refractivity contribution is 5.57. The van der Waals surface area contributed by atoms with Crippen molar-refractivity contribution in [2.45, 2.75) is 31.3 Å². The molecule has 128 valence electrons. The Kier molecular flexibility index (Phi) is 2.67. The monoisotopic (exact) mass is 337 g/mol. The fourth-order valence-corrected chi connectivity index (χ4v) is 4.95. The zero-order valence-corrected chi connectivity index (χ0v) is 14.1. The Morgan fingerprint density at radius 1 is 0.920 bits per heavy atom. The Bertz CT molecular complexity index is 894. The number of benzene rings is 2. The molecule has 2 atom stereocenters. The molecule has 0 aromatic heterocycles. The van der Waals surface area contributed by atoms with Gasteiger partial charge in [0.05, 0.1) is 0 Å². The van der Waals surface area contributed by atoms with Gasteiger partial charge in [0.15, 0.2) is 23.0 Å². The molecule has 6 rings (SSSR count). The van der Waals surface area contributed by atoms with Crippen LogP contribution in [0.5, 0.6) is 23.0 Å². The topological polar surface area (TPSA) is 40.2 Å². The minimum Gasteiger partial charge on any atom is -0.454 e. The summed E-state index contributed by atoms with van der Waals surface area (Å²) in [5.74, 6) is 4.06. The average Bonchev–Trinajstić information content (AvgIpc) is 3.28. The van der Waals surface area contributed by atoms with Gasteiger partial charge in [-0.15, -0.1) is 0 Å². The summed E-state index contributed by atoms with van der Waals surface area (Å²) in [6.07, 6.45) is 2.20. The van der Waals surface area contributed by atoms with Crippen molar-refractivity contribution in [3.63, 3.8) is 0 Å². The van der Waals surface area contributed by atoms with Gasteiger partial charge in [0.1, 0.15) is 0 Å². The lowest BCUT2D eigenvalue weighted by atomic mass is 9.72. The largest absolute Gasteiger partial charge is 0.454 e. The second-order valence-electron chi connectivity index (χ2n) is 7.28. The van der Waals surface area contributed by atoms with Gasteiger partial charge in [0.2, 0.25) is 13.6 Å². The van der Waals surface area contributed by atoms with Crippen LogP contribution in [0.3, 0.4) is 0 Å². The molecule has 4 aliphatic rings. The smallest absolute Gasteiger partial charge is 0.231 e. The molecule has 3 heterocycles. The predicted octanol–water partition coefficient (Wildman–Crippen LogP) is 3.36. The lowest BCUT2D eigenvalue weighted by Crippen LogP contribution is -2.37. The highest BCUT2D eigenvalue weighted by Gasteiger charge is 2.41. The molecule has 5 nitrogen and oxygen atoms in total. The molecule has 1 aliphatic carbocycles. The van der Waals surface area contributed by atoms with Crippen LogP contribution in [-0.2, 0) is 13.0 Å². The number of likely N-dealkylation sites (N-methyl/N-ethyl adjacent to an activating group) is 1. The quantitative estimate of drug-likeness (QED) is 0.737. The molecule has 0 N–H and O–H groups in total. The highest BCUT2D eigenvalue weighted by Crippen LogP contribution is 2.53. The number of hydrogen-bond donors (Lipinski definition) is 0. The van der Waals surface area contributed by atoms with Gasteiger partial charge >= 0.3 is 0 Å². The number of aryl methyl sites for hydroxylation is 1. The van der Waals surface area contributed by atoms with Crippen molar-refractivity contribution in [1.82, 2.24) is 4.90 Å². The first kappa shape index (κ1) is 13.8. The summed E-state index contributed by atoms with van der Waals surface area (Å²) in [7, 11) is 2.20. The Hall–Kier alpha value is -2.40. The van der Waals surface area contributed by atoms with E-state index in [-0.39, 0.29) is 0 Å². The summed E-state index contributed by atoms with van der Waals surface area (Å²) in [6.45, 7) is 1.53. The van der Waals surface area contributed by atoms with Crippen LogP contribution in [-0.4, -0.2) is 25.5 Å². The maximum absolute atomic E-state index is 5.77. The van der Waals surface area contributed by atoms with Crippen LogP contribution in [0, 0.1) is 0 Å². The Balaban J connectivity index is 1.50. The molecule has 5 heteroatoms. The predicted molar refractivity (Wildman–Crippen MR) is 90.4 cm³/mol. The summed E-state index contributed by atoms with van der Waals surface area (Å²) in [5, 5.41) is 0. The van der Waals surface area contributed by atoms with Crippen LogP contribution < -0.4 is 18.9 Å². The van der Waals surface area contributed by atoms with Crippen molar-refractivity contribution in [1.29, 1.82) is 0 Å². The van der Waals surface area contributed by atoms with E-state index in [0.717, 1.165) is 42.4 Å². The van der Waals surface area contributed by atoms with Gasteiger partial charge in [-0.2, -0.15) is 0 Å². The third kappa shape index (κ3) is 1.82. The van der Waals surface area contributed by atoms with Crippen molar-refractivity contribution in [2.75, 3.05) is 20.6 Å². The van der Waals surface area contributed by atoms with Crippen molar-refractivity contribution in [2.24, 2.45) is 0 Å². The number of rotatable bonds is 0. The summed E-state index contributed by atoms with van der Waals surface area (Å²) in [4.78, 5) is 2.44. The van der Waals surface area contributed by atoms with E-state index in [2.05, 4.69) is 36.2 Å². The molecule has 0 saturated carbocycles. The van der Waals surface area contributed by atoms with E-state index in [4.69, 9.17) is 18.9 Å². The molecule has 0 amide bonds. The zero-order chi connectivity index (χ0) is 16.5. The van der Waals surface area contributed by atoms with Crippen molar-refractivity contribution >= 4 is 0 Å². The van der Waals surface area contributed by atoms with Gasteiger partial charge in [-0.3, -0.25) is 4.90 Å². The SMILES string of the molecule is CN1Cc2c(ccc3c2OCO3)[C@H]2CCc3cc4c(cc3[C@H]21)OCO4. The first-order valence-corrected chi connectivity index (χ1v) is 8.83. The van der Waals surface area contributed by atoms with Crippen LogP contribution in [0.25, 0.3) is 0 Å². The van der Waals surface area contributed by atoms with E-state index >= 15 is 0 Å². The Morgan fingerprint density at radius 2 is 1.72 bits per heavy atom. The van der Waals surface area contributed by atoms with E-state index in [9.17, 15) is 0 Å². The molecule has 2 aromatic rings. The summed E-state index contributed by atoms with van der Waals surface area (Å²) >= 11 is 0. The normalized spacial score (nSPS) is 25.3. The molecule has 0 spiro atoms. The molecular formula is C20H19NO4. The van der Waals surface area contributed by atoms with Gasteiger partial charge < -0.3 is 18.9 Å². The van der Waals surface area contributed by atoms with Crippen LogP contribution in [0.1, 0.15) is 40.6 Å². The van der Waals surface area contributed by atoms with Gasteiger partial charge in [0.25, 0.3) is 0 Å². The highest BCUT2D eigenvalue weighted by atomic mass is 16.7. The average molecular weight is 337 g/mol. The summed E-state index contributed by atoms with van der Waals surface area (Å²) < 4.78 is 22.5. The first-order valence-electron chi connectivity index (χ1n) is 8.83. The molecule has 0 fully saturated rings. The first-order chi connectivity index (χ1) is 12.3. The second-order valence-corrected chi connectivity index (χ2v) is 7.28. The molecular weight excluding hydrogens is 318 g/mol. The second kappa shape index (κ2) is 4.82. The van der Waals surface area contributed by atoms with Gasteiger partial charge in [-0.25, -0.2) is 0 Å². The van der Waals surface area contributed by atoms with Crippen LogP contribution >= 0.6 is 0 Å². The minimum atomic E-state index is 0.328. The standard InChI is InChI=1S/C20H19NO4/c1-21-8-15-12(4-5-16-20(15)25-10-22-16)13-3-2-11-6-17-18(24-9-23-17)7-14(11)19(13)21/h4-7,13,19H,2-3,8-10H2,1H3/t13-,19+/m1/s1. The fourth-order valence-electron chi connectivity index (χ4n) is 4.95. The molecule has 0 unspecified atom stereocenters. The summed E-state index contributed by atoms with van der Waals surface area (Å²) in [5.41, 5.74) is 5.48. The maximum atomic E-state index is 5.77. The zero-order valence-electron chi connectivity index (χ0n) is 14.1. The van der Waals surface area contributed by atoms with E-state index < -0.39 is 0 Å². The molecule has 0 radical (unpaired) electrons. The molecule has 3 aliphatic heterocycles. The fraction of sp³-hybridized carbons (Fsp3) is 0.400.